The van der Waals surface area contributed by atoms with Crippen LogP contribution >= 0.6 is 7.82 Å². The van der Waals surface area contributed by atoms with Crippen molar-refractivity contribution in [3.63, 3.8) is 0 Å². The minimum Gasteiger partial charge on any atom is -0.456 e. The summed E-state index contributed by atoms with van der Waals surface area (Å²) in [6.45, 7) is 7.73. The van der Waals surface area contributed by atoms with E-state index in [1.54, 1.807) is 64.2 Å². The van der Waals surface area contributed by atoms with E-state index in [4.69, 9.17) is 19.3 Å². The SMILES string of the molecule is CCc1ccc(NC(=O)c2cc3c(-c4cc(C(C)(C)O)ccc4Oc4c(C)cc(F)cc4C)cn(C)c(=O)c3n2COC(=O)CCCOP(=O)(O)O)cc1. The van der Waals surface area contributed by atoms with Gasteiger partial charge in [-0.15, -0.1) is 0 Å². The van der Waals surface area contributed by atoms with E-state index in [-0.39, 0.29) is 24.1 Å². The van der Waals surface area contributed by atoms with E-state index in [1.807, 2.05) is 19.1 Å². The third-order valence-electron chi connectivity index (χ3n) is 8.84. The number of hydrogen-bond acceptors (Lipinski definition) is 8. The van der Waals surface area contributed by atoms with Crippen LogP contribution in [0.15, 0.2) is 71.7 Å². The van der Waals surface area contributed by atoms with Crippen molar-refractivity contribution in [1.82, 2.24) is 9.13 Å². The van der Waals surface area contributed by atoms with E-state index in [1.165, 1.54) is 34.4 Å². The fourth-order valence-corrected chi connectivity index (χ4v) is 6.38. The number of carbonyl (C=O) groups is 2. The number of esters is 1. The molecule has 0 fully saturated rings. The number of amides is 1. The number of phosphoric ester groups is 1. The Balaban J connectivity index is 1.66. The van der Waals surface area contributed by atoms with Crippen molar-refractivity contribution < 1.29 is 47.4 Å². The summed E-state index contributed by atoms with van der Waals surface area (Å²) in [6, 6.07) is 16.5. The smallest absolute Gasteiger partial charge is 0.456 e. The fraction of sp³-hybridized carbons (Fsp3) is 0.308. The second-order valence-electron chi connectivity index (χ2n) is 13.5. The van der Waals surface area contributed by atoms with Gasteiger partial charge in [0.15, 0.2) is 6.73 Å². The summed E-state index contributed by atoms with van der Waals surface area (Å²) in [7, 11) is -3.19. The molecule has 3 aromatic carbocycles. The van der Waals surface area contributed by atoms with Crippen LogP contribution < -0.4 is 15.6 Å². The lowest BCUT2D eigenvalue weighted by Crippen LogP contribution is -2.24. The number of aromatic nitrogens is 2. The number of aliphatic hydroxyl groups is 1. The molecule has 0 atom stereocenters. The predicted molar refractivity (Wildman–Crippen MR) is 201 cm³/mol. The molecule has 0 radical (unpaired) electrons. The number of benzene rings is 3. The van der Waals surface area contributed by atoms with Gasteiger partial charge in [-0.05, 0) is 105 Å². The molecule has 1 amide bonds. The summed E-state index contributed by atoms with van der Waals surface area (Å²) in [5, 5.41) is 14.2. The van der Waals surface area contributed by atoms with Crippen LogP contribution in [0.3, 0.4) is 0 Å². The van der Waals surface area contributed by atoms with Crippen LogP contribution in [0.25, 0.3) is 22.0 Å². The maximum Gasteiger partial charge on any atom is 0.469 e. The summed E-state index contributed by atoms with van der Waals surface area (Å²) in [6.07, 6.45) is 2.05. The van der Waals surface area contributed by atoms with Gasteiger partial charge in [0.1, 0.15) is 28.5 Å². The number of fused-ring (bicyclic) bond motifs is 1. The van der Waals surface area contributed by atoms with Crippen molar-refractivity contribution in [2.75, 3.05) is 11.9 Å². The van der Waals surface area contributed by atoms with E-state index in [0.717, 1.165) is 12.0 Å². The highest BCUT2D eigenvalue weighted by molar-refractivity contribution is 7.46. The number of phosphoric acid groups is 1. The molecule has 2 heterocycles. The second kappa shape index (κ2) is 16.1. The third kappa shape index (κ3) is 9.33. The van der Waals surface area contributed by atoms with Gasteiger partial charge in [0.2, 0.25) is 0 Å². The number of carbonyl (C=O) groups excluding carboxylic acids is 2. The Hall–Kier alpha value is -5.11. The number of nitrogens with zero attached hydrogens (tertiary/aromatic N) is 2. The van der Waals surface area contributed by atoms with E-state index in [9.17, 15) is 28.4 Å². The Morgan fingerprint density at radius 1 is 0.981 bits per heavy atom. The van der Waals surface area contributed by atoms with Crippen LogP contribution in [-0.4, -0.2) is 42.5 Å². The fourth-order valence-electron chi connectivity index (χ4n) is 6.02. The van der Waals surface area contributed by atoms with E-state index in [2.05, 4.69) is 9.84 Å². The number of ether oxygens (including phenoxy) is 2. The highest BCUT2D eigenvalue weighted by Crippen LogP contribution is 2.41. The molecule has 0 saturated heterocycles. The van der Waals surface area contributed by atoms with Crippen molar-refractivity contribution >= 4 is 36.3 Å². The van der Waals surface area contributed by atoms with Gasteiger partial charge in [-0.2, -0.15) is 0 Å². The molecule has 0 saturated carbocycles. The van der Waals surface area contributed by atoms with Crippen molar-refractivity contribution in [2.24, 2.45) is 7.05 Å². The molecular weight excluding hydrogens is 720 g/mol. The lowest BCUT2D eigenvalue weighted by Gasteiger charge is -2.22. The van der Waals surface area contributed by atoms with Crippen LogP contribution in [-0.2, 0) is 44.4 Å². The molecular formula is C39H43FN3O10P. The highest BCUT2D eigenvalue weighted by atomic mass is 31.2. The van der Waals surface area contributed by atoms with Gasteiger partial charge < -0.3 is 34.3 Å². The molecule has 286 valence electrons. The van der Waals surface area contributed by atoms with Gasteiger partial charge in [-0.3, -0.25) is 23.5 Å². The molecule has 5 aromatic rings. The molecule has 0 bridgehead atoms. The van der Waals surface area contributed by atoms with Gasteiger partial charge in [0, 0.05) is 41.9 Å². The average molecular weight is 764 g/mol. The number of hydrogen-bond donors (Lipinski definition) is 4. The van der Waals surface area contributed by atoms with E-state index < -0.39 is 50.0 Å². The van der Waals surface area contributed by atoms with Crippen molar-refractivity contribution in [1.29, 1.82) is 0 Å². The van der Waals surface area contributed by atoms with Crippen LogP contribution in [0.1, 0.15) is 66.4 Å². The zero-order valence-corrected chi connectivity index (χ0v) is 31.7. The molecule has 13 nitrogen and oxygen atoms in total. The summed E-state index contributed by atoms with van der Waals surface area (Å²) >= 11 is 0. The molecule has 0 unspecified atom stereocenters. The Labute approximate surface area is 311 Å². The highest BCUT2D eigenvalue weighted by Gasteiger charge is 2.26. The lowest BCUT2D eigenvalue weighted by molar-refractivity contribution is -0.147. The van der Waals surface area contributed by atoms with Crippen LogP contribution in [0.4, 0.5) is 10.1 Å². The standard InChI is InChI=1S/C39H43FN3O10P/c1-7-25-10-13-28(14-11-25)41-37(45)32-20-30-31(21-42(6)38(46)35(30)43(32)22-51-34(44)9-8-16-52-54(48,49)50)29-19-26(39(4,5)47)12-15-33(29)53-36-23(2)17-27(40)18-24(36)3/h10-15,17-21,47H,7-9,16,22H2,1-6H3,(H,41,45)(H2,48,49,50). The Morgan fingerprint density at radius 2 is 1.65 bits per heavy atom. The van der Waals surface area contributed by atoms with E-state index in [0.29, 0.717) is 50.4 Å². The first kappa shape index (κ1) is 40.1. The maximum atomic E-state index is 14.2. The number of nitrogens with one attached hydrogen (secondary N) is 1. The first-order valence-corrected chi connectivity index (χ1v) is 18.7. The molecule has 0 aliphatic carbocycles. The van der Waals surface area contributed by atoms with Crippen molar-refractivity contribution in [2.45, 2.75) is 66.2 Å². The molecule has 0 aliphatic rings. The third-order valence-corrected chi connectivity index (χ3v) is 9.36. The topological polar surface area (TPSA) is 179 Å². The quantitative estimate of drug-likeness (QED) is 0.0524. The minimum atomic E-state index is -4.72. The Morgan fingerprint density at radius 3 is 2.26 bits per heavy atom. The molecule has 0 aliphatic heterocycles. The zero-order chi connectivity index (χ0) is 39.5. The molecule has 0 spiro atoms. The van der Waals surface area contributed by atoms with Gasteiger partial charge in [-0.25, -0.2) is 8.96 Å². The average Bonchev–Trinajstić information content (AvgIpc) is 3.48. The van der Waals surface area contributed by atoms with Crippen LogP contribution in [0, 0.1) is 19.7 Å². The normalized spacial score (nSPS) is 11.9. The summed E-state index contributed by atoms with van der Waals surface area (Å²) < 4.78 is 44.2. The van der Waals surface area contributed by atoms with Crippen molar-refractivity contribution in [3.8, 4) is 22.6 Å². The molecule has 2 aromatic heterocycles. The lowest BCUT2D eigenvalue weighted by atomic mass is 9.93. The number of halogens is 1. The summed E-state index contributed by atoms with van der Waals surface area (Å²) in [5.74, 6) is -1.05. The Bertz CT molecular complexity index is 2300. The largest absolute Gasteiger partial charge is 0.469 e. The number of rotatable bonds is 14. The predicted octanol–water partition coefficient (Wildman–Crippen LogP) is 6.99. The van der Waals surface area contributed by atoms with E-state index >= 15 is 0 Å². The van der Waals surface area contributed by atoms with Gasteiger partial charge in [0.05, 0.1) is 12.2 Å². The molecule has 54 heavy (non-hydrogen) atoms. The molecule has 5 rings (SSSR count). The first-order valence-electron chi connectivity index (χ1n) is 17.2. The number of anilines is 1. The van der Waals surface area contributed by atoms with Gasteiger partial charge in [0.25, 0.3) is 11.5 Å². The number of aryl methyl sites for hydroxylation is 4. The first-order chi connectivity index (χ1) is 25.4. The minimum absolute atomic E-state index is 0.0157. The zero-order valence-electron chi connectivity index (χ0n) is 30.8. The van der Waals surface area contributed by atoms with Gasteiger partial charge >= 0.3 is 13.8 Å². The maximum absolute atomic E-state index is 14.2. The van der Waals surface area contributed by atoms with Gasteiger partial charge in [-0.1, -0.05) is 25.1 Å². The summed E-state index contributed by atoms with van der Waals surface area (Å²) in [5.41, 5.74) is 2.24. The molecule has 4 N–H and O–H groups in total. The van der Waals surface area contributed by atoms with Crippen molar-refractivity contribution in [3.05, 3.63) is 111 Å². The van der Waals surface area contributed by atoms with Crippen LogP contribution in [0.2, 0.25) is 0 Å². The second-order valence-corrected chi connectivity index (χ2v) is 14.7. The molecule has 15 heteroatoms. The monoisotopic (exact) mass is 763 g/mol. The number of pyridine rings is 1. The Kier molecular flexibility index (Phi) is 11.9. The van der Waals surface area contributed by atoms with Crippen LogP contribution in [0.5, 0.6) is 11.5 Å². The summed E-state index contributed by atoms with van der Waals surface area (Å²) in [4.78, 5) is 58.5.